The van der Waals surface area contributed by atoms with Crippen molar-refractivity contribution in [3.05, 3.63) is 63.1 Å². The molecule has 18 heavy (non-hydrogen) atoms. The zero-order valence-electron chi connectivity index (χ0n) is 9.66. The fourth-order valence-corrected chi connectivity index (χ4v) is 2.08. The van der Waals surface area contributed by atoms with Crippen molar-refractivity contribution in [3.8, 4) is 0 Å². The van der Waals surface area contributed by atoms with Crippen LogP contribution in [0.2, 0.25) is 5.02 Å². The molecule has 0 aliphatic rings. The maximum atomic E-state index is 9.06. The van der Waals surface area contributed by atoms with E-state index in [-0.39, 0.29) is 6.61 Å². The Hall–Kier alpha value is -1.03. The van der Waals surface area contributed by atoms with Gasteiger partial charge in [-0.15, -0.1) is 0 Å². The Morgan fingerprint density at radius 2 is 1.94 bits per heavy atom. The van der Waals surface area contributed by atoms with E-state index in [2.05, 4.69) is 21.2 Å². The highest BCUT2D eigenvalue weighted by molar-refractivity contribution is 9.10. The standard InChI is InChI=1S/C14H13BrClNO/c15-13-5-4-10(7-14(13)16)8-17-12-3-1-2-11(6-12)9-18/h1-7,17-18H,8-9H2. The first kappa shape index (κ1) is 13.4. The SMILES string of the molecule is OCc1cccc(NCc2ccc(Br)c(Cl)c2)c1. The van der Waals surface area contributed by atoms with Crippen LogP contribution >= 0.6 is 27.5 Å². The van der Waals surface area contributed by atoms with E-state index in [1.165, 1.54) is 0 Å². The molecule has 0 radical (unpaired) electrons. The lowest BCUT2D eigenvalue weighted by Gasteiger charge is -2.08. The van der Waals surface area contributed by atoms with E-state index in [0.717, 1.165) is 21.3 Å². The number of halogens is 2. The minimum absolute atomic E-state index is 0.0552. The van der Waals surface area contributed by atoms with Gasteiger partial charge < -0.3 is 10.4 Å². The van der Waals surface area contributed by atoms with E-state index in [1.54, 1.807) is 0 Å². The van der Waals surface area contributed by atoms with Crippen LogP contribution in [0, 0.1) is 0 Å². The molecular formula is C14H13BrClNO. The quantitative estimate of drug-likeness (QED) is 0.882. The average Bonchev–Trinajstić information content (AvgIpc) is 2.40. The first-order valence-corrected chi connectivity index (χ1v) is 6.74. The summed E-state index contributed by atoms with van der Waals surface area (Å²) in [5.41, 5.74) is 2.99. The fourth-order valence-electron chi connectivity index (χ4n) is 1.63. The van der Waals surface area contributed by atoms with Gasteiger partial charge in [-0.1, -0.05) is 29.8 Å². The lowest BCUT2D eigenvalue weighted by molar-refractivity contribution is 0.282. The molecule has 4 heteroatoms. The van der Waals surface area contributed by atoms with Crippen LogP contribution in [0.5, 0.6) is 0 Å². The third-order valence-corrected chi connectivity index (χ3v) is 3.82. The largest absolute Gasteiger partial charge is 0.392 e. The molecule has 0 aromatic heterocycles. The average molecular weight is 327 g/mol. The van der Waals surface area contributed by atoms with Crippen LogP contribution in [0.3, 0.4) is 0 Å². The highest BCUT2D eigenvalue weighted by Crippen LogP contribution is 2.23. The predicted molar refractivity (Wildman–Crippen MR) is 78.8 cm³/mol. The Bertz CT molecular complexity index is 545. The van der Waals surface area contributed by atoms with Gasteiger partial charge in [0, 0.05) is 16.7 Å². The molecule has 2 nitrogen and oxygen atoms in total. The second-order valence-corrected chi connectivity index (χ2v) is 5.22. The monoisotopic (exact) mass is 325 g/mol. The van der Waals surface area contributed by atoms with Crippen LogP contribution in [-0.2, 0) is 13.2 Å². The minimum atomic E-state index is 0.0552. The zero-order chi connectivity index (χ0) is 13.0. The molecule has 0 amide bonds. The van der Waals surface area contributed by atoms with Gasteiger partial charge in [0.2, 0.25) is 0 Å². The van der Waals surface area contributed by atoms with Crippen molar-refractivity contribution in [1.82, 2.24) is 0 Å². The lowest BCUT2D eigenvalue weighted by Crippen LogP contribution is -1.99. The van der Waals surface area contributed by atoms with Crippen LogP contribution in [0.4, 0.5) is 5.69 Å². The summed E-state index contributed by atoms with van der Waals surface area (Å²) in [6, 6.07) is 13.6. The number of hydrogen-bond donors (Lipinski definition) is 2. The van der Waals surface area contributed by atoms with Crippen LogP contribution in [0.25, 0.3) is 0 Å². The van der Waals surface area contributed by atoms with E-state index in [1.807, 2.05) is 42.5 Å². The summed E-state index contributed by atoms with van der Waals surface area (Å²) in [4.78, 5) is 0. The van der Waals surface area contributed by atoms with Gasteiger partial charge in [0.05, 0.1) is 11.6 Å². The topological polar surface area (TPSA) is 32.3 Å². The van der Waals surface area contributed by atoms with Crippen molar-refractivity contribution in [2.24, 2.45) is 0 Å². The molecule has 2 N–H and O–H groups in total. The Balaban J connectivity index is 2.04. The van der Waals surface area contributed by atoms with Gasteiger partial charge in [-0.25, -0.2) is 0 Å². The van der Waals surface area contributed by atoms with Gasteiger partial charge in [0.15, 0.2) is 0 Å². The Labute approximate surface area is 120 Å². The maximum absolute atomic E-state index is 9.06. The number of anilines is 1. The summed E-state index contributed by atoms with van der Waals surface area (Å²) in [5, 5.41) is 13.1. The first-order chi connectivity index (χ1) is 8.69. The molecule has 2 rings (SSSR count). The summed E-state index contributed by atoms with van der Waals surface area (Å²) >= 11 is 9.40. The van der Waals surface area contributed by atoms with Gasteiger partial charge in [-0.2, -0.15) is 0 Å². The third kappa shape index (κ3) is 3.48. The van der Waals surface area contributed by atoms with Crippen molar-refractivity contribution < 1.29 is 5.11 Å². The molecule has 2 aromatic carbocycles. The molecule has 0 saturated carbocycles. The highest BCUT2D eigenvalue weighted by atomic mass is 79.9. The van der Waals surface area contributed by atoms with Crippen LogP contribution in [0.1, 0.15) is 11.1 Å². The number of nitrogens with one attached hydrogen (secondary N) is 1. The van der Waals surface area contributed by atoms with E-state index in [4.69, 9.17) is 16.7 Å². The van der Waals surface area contributed by atoms with E-state index in [9.17, 15) is 0 Å². The second-order valence-electron chi connectivity index (χ2n) is 3.96. The smallest absolute Gasteiger partial charge is 0.0682 e. The van der Waals surface area contributed by atoms with Crippen molar-refractivity contribution >= 4 is 33.2 Å². The van der Waals surface area contributed by atoms with Crippen molar-refractivity contribution in [1.29, 1.82) is 0 Å². The summed E-state index contributed by atoms with van der Waals surface area (Å²) in [6.07, 6.45) is 0. The Kier molecular flexibility index (Phi) is 4.64. The summed E-state index contributed by atoms with van der Waals surface area (Å²) in [7, 11) is 0. The molecule has 0 unspecified atom stereocenters. The first-order valence-electron chi connectivity index (χ1n) is 5.56. The van der Waals surface area contributed by atoms with Gasteiger partial charge in [0.25, 0.3) is 0 Å². The fraction of sp³-hybridized carbons (Fsp3) is 0.143. The van der Waals surface area contributed by atoms with Crippen LogP contribution in [-0.4, -0.2) is 5.11 Å². The number of rotatable bonds is 4. The van der Waals surface area contributed by atoms with Gasteiger partial charge >= 0.3 is 0 Å². The molecule has 0 atom stereocenters. The zero-order valence-corrected chi connectivity index (χ0v) is 12.0. The Morgan fingerprint density at radius 3 is 2.67 bits per heavy atom. The number of aliphatic hydroxyl groups excluding tert-OH is 1. The van der Waals surface area contributed by atoms with E-state index >= 15 is 0 Å². The van der Waals surface area contributed by atoms with Crippen molar-refractivity contribution in [2.75, 3.05) is 5.32 Å². The molecule has 0 fully saturated rings. The molecular weight excluding hydrogens is 314 g/mol. The molecule has 0 heterocycles. The number of hydrogen-bond acceptors (Lipinski definition) is 2. The molecule has 0 spiro atoms. The van der Waals surface area contributed by atoms with Crippen molar-refractivity contribution in [2.45, 2.75) is 13.2 Å². The van der Waals surface area contributed by atoms with Crippen LogP contribution < -0.4 is 5.32 Å². The Morgan fingerprint density at radius 1 is 1.11 bits per heavy atom. The van der Waals surface area contributed by atoms with E-state index in [0.29, 0.717) is 11.6 Å². The van der Waals surface area contributed by atoms with Crippen LogP contribution in [0.15, 0.2) is 46.9 Å². The number of aliphatic hydroxyl groups is 1. The predicted octanol–water partition coefficient (Wildman–Crippen LogP) is 4.21. The normalized spacial score (nSPS) is 10.4. The molecule has 0 bridgehead atoms. The summed E-state index contributed by atoms with van der Waals surface area (Å²) < 4.78 is 0.898. The summed E-state index contributed by atoms with van der Waals surface area (Å²) in [6.45, 7) is 0.752. The van der Waals surface area contributed by atoms with Gasteiger partial charge in [-0.05, 0) is 51.3 Å². The molecule has 0 aliphatic heterocycles. The highest BCUT2D eigenvalue weighted by Gasteiger charge is 2.00. The van der Waals surface area contributed by atoms with Gasteiger partial charge in [0.1, 0.15) is 0 Å². The molecule has 2 aromatic rings. The van der Waals surface area contributed by atoms with Gasteiger partial charge in [-0.3, -0.25) is 0 Å². The lowest BCUT2D eigenvalue weighted by atomic mass is 10.2. The maximum Gasteiger partial charge on any atom is 0.0682 e. The molecule has 0 saturated heterocycles. The molecule has 0 aliphatic carbocycles. The van der Waals surface area contributed by atoms with Crippen molar-refractivity contribution in [3.63, 3.8) is 0 Å². The minimum Gasteiger partial charge on any atom is -0.392 e. The van der Waals surface area contributed by atoms with E-state index < -0.39 is 0 Å². The molecule has 94 valence electrons. The number of benzene rings is 2. The summed E-state index contributed by atoms with van der Waals surface area (Å²) in [5.74, 6) is 0. The third-order valence-electron chi connectivity index (χ3n) is 2.59. The second kappa shape index (κ2) is 6.23.